The van der Waals surface area contributed by atoms with Gasteiger partial charge in [-0.3, -0.25) is 10.1 Å². The van der Waals surface area contributed by atoms with Crippen molar-refractivity contribution in [3.8, 4) is 0 Å². The van der Waals surface area contributed by atoms with Crippen molar-refractivity contribution in [1.82, 2.24) is 10.6 Å². The Bertz CT molecular complexity index is 515. The number of hydrogen-bond donors (Lipinski definition) is 2. The number of rotatable bonds is 0. The number of aryl methyl sites for hydroxylation is 1. The second-order valence-electron chi connectivity index (χ2n) is 4.09. The first-order valence-electron chi connectivity index (χ1n) is 5.05. The van der Waals surface area contributed by atoms with Crippen LogP contribution >= 0.6 is 11.6 Å². The molecule has 16 heavy (non-hydrogen) atoms. The summed E-state index contributed by atoms with van der Waals surface area (Å²) in [5, 5.41) is 5.50. The number of carbonyl (C=O) groups is 2. The fourth-order valence-electron chi connectivity index (χ4n) is 2.55. The molecule has 1 saturated heterocycles. The first-order chi connectivity index (χ1) is 7.63. The molecule has 1 spiro atoms. The zero-order valence-corrected chi connectivity index (χ0v) is 9.10. The van der Waals surface area contributed by atoms with Crippen LogP contribution in [0, 0.1) is 0 Å². The minimum Gasteiger partial charge on any atom is -0.319 e. The molecule has 1 aliphatic carbocycles. The first kappa shape index (κ1) is 9.66. The lowest BCUT2D eigenvalue weighted by Crippen LogP contribution is -2.41. The minimum atomic E-state index is -0.940. The maximum absolute atomic E-state index is 11.9. The van der Waals surface area contributed by atoms with Crippen molar-refractivity contribution in [2.45, 2.75) is 18.4 Å². The Balaban J connectivity index is 2.22. The quantitative estimate of drug-likeness (QED) is 0.668. The van der Waals surface area contributed by atoms with Crippen molar-refractivity contribution in [3.63, 3.8) is 0 Å². The van der Waals surface area contributed by atoms with E-state index >= 15 is 0 Å². The molecule has 1 atom stereocenters. The van der Waals surface area contributed by atoms with Crippen molar-refractivity contribution in [1.29, 1.82) is 0 Å². The van der Waals surface area contributed by atoms with E-state index in [-0.39, 0.29) is 5.91 Å². The SMILES string of the molecule is O=C1NC(=O)[C@]2(CCc3cccc(Cl)c32)N1. The lowest BCUT2D eigenvalue weighted by atomic mass is 9.92. The number of amides is 3. The Labute approximate surface area is 97.0 Å². The first-order valence-corrected chi connectivity index (χ1v) is 5.43. The molecule has 1 aromatic carbocycles. The Hall–Kier alpha value is -1.55. The van der Waals surface area contributed by atoms with Gasteiger partial charge in [0.05, 0.1) is 0 Å². The smallest absolute Gasteiger partial charge is 0.319 e. The van der Waals surface area contributed by atoms with Gasteiger partial charge in [-0.25, -0.2) is 4.79 Å². The van der Waals surface area contributed by atoms with Crippen LogP contribution in [0.2, 0.25) is 5.02 Å². The predicted octanol–water partition coefficient (Wildman–Crippen LogP) is 1.32. The van der Waals surface area contributed by atoms with Crippen LogP contribution in [0.4, 0.5) is 4.79 Å². The second-order valence-corrected chi connectivity index (χ2v) is 4.49. The van der Waals surface area contributed by atoms with E-state index < -0.39 is 11.6 Å². The summed E-state index contributed by atoms with van der Waals surface area (Å²) in [6, 6.07) is 5.09. The third-order valence-electron chi connectivity index (χ3n) is 3.24. The molecule has 0 unspecified atom stereocenters. The van der Waals surface area contributed by atoms with Crippen LogP contribution in [0.1, 0.15) is 17.5 Å². The van der Waals surface area contributed by atoms with Crippen LogP contribution in [0.25, 0.3) is 0 Å². The molecule has 0 aromatic heterocycles. The van der Waals surface area contributed by atoms with E-state index in [4.69, 9.17) is 11.6 Å². The fourth-order valence-corrected chi connectivity index (χ4v) is 2.90. The molecule has 1 heterocycles. The number of fused-ring (bicyclic) bond motifs is 2. The molecule has 82 valence electrons. The minimum absolute atomic E-state index is 0.302. The Morgan fingerprint density at radius 3 is 2.81 bits per heavy atom. The van der Waals surface area contributed by atoms with Gasteiger partial charge >= 0.3 is 6.03 Å². The monoisotopic (exact) mass is 236 g/mol. The summed E-state index contributed by atoms with van der Waals surface area (Å²) in [6.45, 7) is 0. The summed E-state index contributed by atoms with van der Waals surface area (Å²) >= 11 is 6.12. The summed E-state index contributed by atoms with van der Waals surface area (Å²) in [4.78, 5) is 23.1. The molecule has 3 rings (SSSR count). The lowest BCUT2D eigenvalue weighted by Gasteiger charge is -2.21. The topological polar surface area (TPSA) is 58.2 Å². The van der Waals surface area contributed by atoms with Gasteiger partial charge in [0.25, 0.3) is 5.91 Å². The van der Waals surface area contributed by atoms with E-state index in [2.05, 4.69) is 10.6 Å². The van der Waals surface area contributed by atoms with Gasteiger partial charge in [0.15, 0.2) is 0 Å². The molecule has 0 saturated carbocycles. The van der Waals surface area contributed by atoms with Crippen molar-refractivity contribution >= 4 is 23.5 Å². The average Bonchev–Trinajstić information content (AvgIpc) is 2.72. The van der Waals surface area contributed by atoms with Gasteiger partial charge in [0.2, 0.25) is 0 Å². The van der Waals surface area contributed by atoms with Gasteiger partial charge in [-0.2, -0.15) is 0 Å². The summed E-state index contributed by atoms with van der Waals surface area (Å²) in [7, 11) is 0. The van der Waals surface area contributed by atoms with Gasteiger partial charge < -0.3 is 5.32 Å². The van der Waals surface area contributed by atoms with Gasteiger partial charge in [-0.15, -0.1) is 0 Å². The number of nitrogens with one attached hydrogen (secondary N) is 2. The highest BCUT2D eigenvalue weighted by Gasteiger charge is 2.52. The Morgan fingerprint density at radius 1 is 1.31 bits per heavy atom. The predicted molar refractivity (Wildman–Crippen MR) is 58.1 cm³/mol. The van der Waals surface area contributed by atoms with Crippen molar-refractivity contribution in [3.05, 3.63) is 34.3 Å². The molecule has 0 bridgehead atoms. The molecular weight excluding hydrogens is 228 g/mol. The molecule has 2 aliphatic rings. The number of carbonyl (C=O) groups excluding carboxylic acids is 2. The number of benzene rings is 1. The number of hydrogen-bond acceptors (Lipinski definition) is 2. The normalized spacial score (nSPS) is 26.8. The number of urea groups is 1. The van der Waals surface area contributed by atoms with E-state index in [9.17, 15) is 9.59 Å². The molecule has 2 N–H and O–H groups in total. The highest BCUT2D eigenvalue weighted by molar-refractivity contribution is 6.32. The third-order valence-corrected chi connectivity index (χ3v) is 3.55. The molecule has 5 heteroatoms. The van der Waals surface area contributed by atoms with Crippen molar-refractivity contribution in [2.24, 2.45) is 0 Å². The summed E-state index contributed by atoms with van der Waals surface area (Å²) < 4.78 is 0. The van der Waals surface area contributed by atoms with Gasteiger partial charge in [-0.05, 0) is 24.5 Å². The molecule has 1 aliphatic heterocycles. The van der Waals surface area contributed by atoms with Gasteiger partial charge in [-0.1, -0.05) is 23.7 Å². The summed E-state index contributed by atoms with van der Waals surface area (Å²) in [6.07, 6.45) is 1.33. The highest BCUT2D eigenvalue weighted by atomic mass is 35.5. The number of imide groups is 1. The molecule has 1 fully saturated rings. The maximum Gasteiger partial charge on any atom is 0.322 e. The van der Waals surface area contributed by atoms with Crippen LogP contribution in [0.5, 0.6) is 0 Å². The zero-order chi connectivity index (χ0) is 11.3. The maximum atomic E-state index is 11.9. The fraction of sp³-hybridized carbons (Fsp3) is 0.273. The molecule has 4 nitrogen and oxygen atoms in total. The Morgan fingerprint density at radius 2 is 2.12 bits per heavy atom. The van der Waals surface area contributed by atoms with E-state index in [0.29, 0.717) is 11.4 Å². The molecular formula is C11H9ClN2O2. The van der Waals surface area contributed by atoms with Crippen molar-refractivity contribution < 1.29 is 9.59 Å². The largest absolute Gasteiger partial charge is 0.322 e. The van der Waals surface area contributed by atoms with Gasteiger partial charge in [0, 0.05) is 10.6 Å². The van der Waals surface area contributed by atoms with Crippen LogP contribution in [0.3, 0.4) is 0 Å². The summed E-state index contributed by atoms with van der Waals surface area (Å²) in [5.74, 6) is -0.302. The molecule has 1 aromatic rings. The molecule has 3 amide bonds. The number of halogens is 1. The summed E-state index contributed by atoms with van der Waals surface area (Å²) in [5.41, 5.74) is 0.843. The standard InChI is InChI=1S/C11H9ClN2O2/c12-7-3-1-2-6-4-5-11(8(6)7)9(15)13-10(16)14-11/h1-3H,4-5H2,(H2,13,14,15,16)/t11-/m1/s1. The van der Waals surface area contributed by atoms with Crippen LogP contribution in [-0.4, -0.2) is 11.9 Å². The van der Waals surface area contributed by atoms with Gasteiger partial charge in [0.1, 0.15) is 5.54 Å². The Kier molecular flexibility index (Phi) is 1.80. The van der Waals surface area contributed by atoms with Crippen LogP contribution in [0.15, 0.2) is 18.2 Å². The van der Waals surface area contributed by atoms with Crippen LogP contribution < -0.4 is 10.6 Å². The second kappa shape index (κ2) is 2.98. The van der Waals surface area contributed by atoms with E-state index in [0.717, 1.165) is 17.5 Å². The van der Waals surface area contributed by atoms with Crippen LogP contribution in [-0.2, 0) is 16.8 Å². The third kappa shape index (κ3) is 1.05. The van der Waals surface area contributed by atoms with E-state index in [1.807, 2.05) is 12.1 Å². The molecule has 0 radical (unpaired) electrons. The zero-order valence-electron chi connectivity index (χ0n) is 8.34. The lowest BCUT2D eigenvalue weighted by molar-refractivity contribution is -0.124. The van der Waals surface area contributed by atoms with E-state index in [1.54, 1.807) is 6.07 Å². The highest BCUT2D eigenvalue weighted by Crippen LogP contribution is 2.42. The average molecular weight is 237 g/mol. The van der Waals surface area contributed by atoms with Crippen molar-refractivity contribution in [2.75, 3.05) is 0 Å². The van der Waals surface area contributed by atoms with E-state index in [1.165, 1.54) is 0 Å².